The summed E-state index contributed by atoms with van der Waals surface area (Å²) in [6.45, 7) is 36.0. The van der Waals surface area contributed by atoms with Crippen LogP contribution in [0.5, 0.6) is 52.3 Å². The number of rotatable bonds is 22. The largest absolute Gasteiger partial charge is 0.462 e. The van der Waals surface area contributed by atoms with Gasteiger partial charge in [0.25, 0.3) is 0 Å². The Morgan fingerprint density at radius 2 is 0.887 bits per heavy atom. The van der Waals surface area contributed by atoms with E-state index in [1.54, 1.807) is 46.9 Å². The first kappa shape index (κ1) is 95.4. The quantitative estimate of drug-likeness (QED) is 0.0458. The molecule has 0 radical (unpaired) electrons. The first-order chi connectivity index (χ1) is 68.3. The fourth-order valence-electron chi connectivity index (χ4n) is 17.8. The van der Waals surface area contributed by atoms with Crippen LogP contribution in [-0.2, 0) is 19.2 Å². The van der Waals surface area contributed by atoms with Gasteiger partial charge in [0.2, 0.25) is 41.3 Å². The number of amides is 4. The Labute approximate surface area is 819 Å². The Balaban J connectivity index is 0.000000124. The zero-order valence-corrected chi connectivity index (χ0v) is 80.8. The number of carbonyl (C=O) groups excluding carboxylic acids is 4. The number of nitrogens with one attached hydrogen (secondary N) is 4. The summed E-state index contributed by atoms with van der Waals surface area (Å²) in [5.41, 5.74) is 8.32. The van der Waals surface area contributed by atoms with Crippen LogP contribution >= 0.6 is 23.2 Å². The minimum atomic E-state index is -0.639. The number of pyridine rings is 2. The molecule has 0 aliphatic carbocycles. The summed E-state index contributed by atoms with van der Waals surface area (Å²) in [5.74, 6) is 6.91. The van der Waals surface area contributed by atoms with Gasteiger partial charge in [0.1, 0.15) is 92.7 Å². The van der Waals surface area contributed by atoms with Crippen molar-refractivity contribution in [1.29, 1.82) is 0 Å². The Bertz CT molecular complexity index is 7270. The highest BCUT2D eigenvalue weighted by Crippen LogP contribution is 2.46. The molecule has 21 rings (SSSR count). The van der Waals surface area contributed by atoms with Gasteiger partial charge in [-0.1, -0.05) is 73.8 Å². The van der Waals surface area contributed by atoms with Gasteiger partial charge in [0.05, 0.1) is 68.4 Å². The average molecular weight is 1950 g/mol. The molecule has 6 aromatic carbocycles. The van der Waals surface area contributed by atoms with E-state index in [-0.39, 0.29) is 52.4 Å². The third-order valence-corrected chi connectivity index (χ3v) is 26.4. The molecule has 2 atom stereocenters. The number of fused-ring (bicyclic) bond motifs is 8. The van der Waals surface area contributed by atoms with Crippen LogP contribution in [0.2, 0.25) is 10.0 Å². The zero-order valence-electron chi connectivity index (χ0n) is 79.3. The second kappa shape index (κ2) is 41.4. The van der Waals surface area contributed by atoms with Crippen LogP contribution in [-0.4, -0.2) is 308 Å². The molecule has 0 bridgehead atoms. The number of benzene rings is 6. The minimum absolute atomic E-state index is 0.0210. The number of hydrogen-bond donors (Lipinski definition) is 4. The molecule has 0 unspecified atom stereocenters. The Kier molecular flexibility index (Phi) is 28.0. The van der Waals surface area contributed by atoms with Gasteiger partial charge in [-0.3, -0.25) is 39.6 Å². The lowest BCUT2D eigenvalue weighted by atomic mass is 10.1. The molecule has 5 aliphatic heterocycles. The van der Waals surface area contributed by atoms with E-state index in [1.165, 1.54) is 49.2 Å². The van der Waals surface area contributed by atoms with Gasteiger partial charge in [0.15, 0.2) is 17.2 Å². The van der Waals surface area contributed by atoms with E-state index in [0.717, 1.165) is 120 Å². The van der Waals surface area contributed by atoms with Gasteiger partial charge in [-0.25, -0.2) is 39.3 Å². The van der Waals surface area contributed by atoms with Crippen molar-refractivity contribution in [2.75, 3.05) is 171 Å². The van der Waals surface area contributed by atoms with Crippen LogP contribution in [0, 0.1) is 26.6 Å². The maximum Gasteiger partial charge on any atom is 0.319 e. The molecule has 4 N–H and O–H groups in total. The number of hydrogen-bond acceptors (Lipinski definition) is 30. The van der Waals surface area contributed by atoms with Gasteiger partial charge in [0, 0.05) is 180 Å². The molecule has 16 aromatic rings. The maximum atomic E-state index is 14.3. The topological polar surface area (TPSA) is 394 Å². The lowest BCUT2D eigenvalue weighted by Gasteiger charge is -2.43. The average Bonchev–Trinajstić information content (AvgIpc) is 1.55. The normalized spacial score (nSPS) is 15.7. The van der Waals surface area contributed by atoms with E-state index >= 15 is 0 Å². The second-order valence-corrected chi connectivity index (χ2v) is 35.9. The summed E-state index contributed by atoms with van der Waals surface area (Å²) < 4.78 is 45.6. The molecular formula is C100H104Cl2FN29O9. The number of aromatic amines is 4. The number of nitrogens with zero attached hydrogens (tertiary/aromatic N) is 25. The SMILES string of the molecule is C=CC(=O)N1CCN(c2nc(N3CC(N(C)C)C3)nc3c(Oc4c(C)ccc5[nH]ncc45)cccc23)CC1.C=CC(=O)N1CCN(c2nc(OCCN(C)C)nc3c(Oc4c(C)ccc5[nH]ncc45)cccc23)CC1.C=CC(=O)N1CCN(c2ncnc3c(Oc4c(C)c(Cl)cc5[nH]ncc45)nccc23)C[C@@H]1C.C=CC(=O)N1CCN(c2ncnc3c(Oc4c(Cl)c(F)cc5[nH]ncc45)nccc23)C[C@H]1C. The van der Waals surface area contributed by atoms with Gasteiger partial charge in [-0.15, -0.1) is 0 Å². The molecular weight excluding hydrogens is 1840 g/mol. The van der Waals surface area contributed by atoms with Crippen molar-refractivity contribution in [2.24, 2.45) is 0 Å². The summed E-state index contributed by atoms with van der Waals surface area (Å²) in [7, 11) is 8.18. The number of H-pyrrole nitrogens is 4. The standard InChI is InChI=1S/C28H32N8O2.C27H31N7O3.C23H22ClN7O2.C22H19ClFN7O2/c1-5-24(37)34-11-13-35(14-12-34)27-20-7-6-8-23(38-26-18(2)9-10-22-21(26)15-29-32-22)25(20)30-28(31-27)36-16-19(17-36)33(3)4;1-5-23(35)33-11-13-34(14-12-33)26-19-7-6-8-22(24(19)29-27(30-26)36-16-15-32(3)4)37-25-18(2)9-10-21-20(25)17-28-31-21;1-4-19(32)31-8-7-30(11-13(31)2)22-15-5-6-25-23(20(15)26-12-27-22)33-21-14(3)17(24)9-18-16(21)10-28-29-18;1-3-17(32)31-7-6-30(10-12(31)2)21-13-4-5-25-22(19(13)26-11-27-21)33-20-14-9-28-29-16(14)8-15(24)18(20)23/h5-10,15,19H,1,11-14,16-17H2,2-4H3,(H,29,32);5-10,17H,1,11-16H2,2-4H3,(H,28,31);4-6,9-10,12-13H,1,7-8,11H2,2-3H3,(H,28,29);3-5,8-9,11-12H,1,6-7,10H2,2H3,(H,28,29)/t;;13-;12-/m..01/s1. The summed E-state index contributed by atoms with van der Waals surface area (Å²) in [6.07, 6.45) is 18.4. The number of piperazine rings is 4. The molecule has 10 aromatic heterocycles. The van der Waals surface area contributed by atoms with Crippen LogP contribution in [0.15, 0.2) is 185 Å². The van der Waals surface area contributed by atoms with Crippen molar-refractivity contribution in [3.63, 3.8) is 0 Å². The van der Waals surface area contributed by atoms with E-state index in [2.05, 4.69) is 141 Å². The van der Waals surface area contributed by atoms with Crippen LogP contribution in [0.1, 0.15) is 30.5 Å². The molecule has 4 amide bonds. The van der Waals surface area contributed by atoms with E-state index in [9.17, 15) is 23.6 Å². The van der Waals surface area contributed by atoms with E-state index in [0.29, 0.717) is 183 Å². The van der Waals surface area contributed by atoms with Crippen molar-refractivity contribution in [1.82, 2.24) is 120 Å². The zero-order chi connectivity index (χ0) is 98.6. The van der Waals surface area contributed by atoms with Gasteiger partial charge < -0.3 is 77.6 Å². The van der Waals surface area contributed by atoms with Crippen molar-refractivity contribution in [3.8, 4) is 52.3 Å². The van der Waals surface area contributed by atoms with E-state index in [4.69, 9.17) is 66.8 Å². The molecule has 0 saturated carbocycles. The Morgan fingerprint density at radius 3 is 1.36 bits per heavy atom. The first-order valence-corrected chi connectivity index (χ1v) is 46.8. The number of halogens is 3. The molecule has 5 fully saturated rings. The van der Waals surface area contributed by atoms with Gasteiger partial charge in [-0.05, 0) is 153 Å². The predicted molar refractivity (Wildman–Crippen MR) is 541 cm³/mol. The van der Waals surface area contributed by atoms with Crippen LogP contribution in [0.4, 0.5) is 33.6 Å². The Hall–Kier alpha value is -15.9. The van der Waals surface area contributed by atoms with Crippen molar-refractivity contribution in [3.05, 3.63) is 218 Å². The fourth-order valence-corrected chi connectivity index (χ4v) is 18.2. The predicted octanol–water partition coefficient (Wildman–Crippen LogP) is 14.2. The lowest BCUT2D eigenvalue weighted by molar-refractivity contribution is -0.129. The number of aromatic nitrogens is 18. The highest BCUT2D eigenvalue weighted by molar-refractivity contribution is 6.33. The molecule has 5 saturated heterocycles. The molecule has 5 aliphatic rings. The van der Waals surface area contributed by atoms with E-state index in [1.807, 2.05) is 136 Å². The van der Waals surface area contributed by atoms with Crippen molar-refractivity contribution < 1.29 is 47.3 Å². The Morgan fingerprint density at radius 1 is 0.447 bits per heavy atom. The highest BCUT2D eigenvalue weighted by Gasteiger charge is 2.36. The third-order valence-electron chi connectivity index (χ3n) is 25.7. The molecule has 141 heavy (non-hydrogen) atoms. The lowest BCUT2D eigenvalue weighted by Crippen LogP contribution is -2.58. The molecule has 38 nitrogen and oxygen atoms in total. The first-order valence-electron chi connectivity index (χ1n) is 46.0. The number of carbonyl (C=O) groups is 4. The monoisotopic (exact) mass is 1940 g/mol. The minimum Gasteiger partial charge on any atom is -0.462 e. The van der Waals surface area contributed by atoms with Crippen LogP contribution in [0.25, 0.3) is 87.2 Å². The summed E-state index contributed by atoms with van der Waals surface area (Å²) in [4.78, 5) is 117. The van der Waals surface area contributed by atoms with Crippen LogP contribution < -0.4 is 48.2 Å². The number of aryl methyl sites for hydroxylation is 2. The summed E-state index contributed by atoms with van der Waals surface area (Å²) in [6, 6.07) is 27.4. The van der Waals surface area contributed by atoms with Crippen molar-refractivity contribution in [2.45, 2.75) is 52.7 Å². The maximum absolute atomic E-state index is 14.3. The number of anilines is 5. The van der Waals surface area contributed by atoms with Gasteiger partial charge in [-0.2, -0.15) is 35.3 Å². The van der Waals surface area contributed by atoms with Crippen LogP contribution in [0.3, 0.4) is 0 Å². The fraction of sp³-hybridized carbons (Fsp3) is 0.300. The smallest absolute Gasteiger partial charge is 0.319 e. The number of ether oxygens (including phenoxy) is 5. The summed E-state index contributed by atoms with van der Waals surface area (Å²) in [5, 5.41) is 34.9. The molecule has 0 spiro atoms. The molecule has 724 valence electrons. The second-order valence-electron chi connectivity index (χ2n) is 35.1. The molecule has 41 heteroatoms. The number of likely N-dealkylation sites (N-methyl/N-ethyl adjacent to an activating group) is 2. The highest BCUT2D eigenvalue weighted by atomic mass is 35.5. The molecule has 15 heterocycles. The van der Waals surface area contributed by atoms with Crippen molar-refractivity contribution >= 4 is 163 Å². The van der Waals surface area contributed by atoms with E-state index < -0.39 is 5.82 Å². The number of para-hydroxylation sites is 2. The summed E-state index contributed by atoms with van der Waals surface area (Å²) >= 11 is 12.6. The van der Waals surface area contributed by atoms with Gasteiger partial charge >= 0.3 is 6.01 Å². The third kappa shape index (κ3) is 19.8.